The predicted molar refractivity (Wildman–Crippen MR) is 115 cm³/mol. The molecule has 0 aliphatic carbocycles. The van der Waals surface area contributed by atoms with Crippen molar-refractivity contribution in [2.75, 3.05) is 0 Å². The quantitative estimate of drug-likeness (QED) is 0.344. The lowest BCUT2D eigenvalue weighted by molar-refractivity contribution is 0.186. The number of nitrogens with one attached hydrogen (secondary N) is 1. The number of unbranched alkanes of at least 4 members (excludes halogenated alkanes) is 10. The average molecular weight is 377 g/mol. The summed E-state index contributed by atoms with van der Waals surface area (Å²) in [6.45, 7) is 8.46. The van der Waals surface area contributed by atoms with Crippen LogP contribution in [-0.2, 0) is 5.41 Å². The first-order valence-electron chi connectivity index (χ1n) is 11.1. The summed E-state index contributed by atoms with van der Waals surface area (Å²) in [7, 11) is 0. The molecule has 1 unspecified atom stereocenters. The second-order valence-electron chi connectivity index (χ2n) is 8.86. The van der Waals surface area contributed by atoms with Crippen LogP contribution in [0.5, 0.6) is 11.5 Å². The summed E-state index contributed by atoms with van der Waals surface area (Å²) in [5.41, 5.74) is 8.85. The van der Waals surface area contributed by atoms with E-state index in [9.17, 15) is 5.11 Å². The molecule has 0 aromatic heterocycles. The van der Waals surface area contributed by atoms with Crippen LogP contribution in [0.1, 0.15) is 110 Å². The molecule has 3 nitrogen and oxygen atoms in total. The maximum Gasteiger partial charge on any atom is 0.162 e. The lowest BCUT2D eigenvalue weighted by atomic mass is 9.86. The second-order valence-corrected chi connectivity index (χ2v) is 8.86. The highest BCUT2D eigenvalue weighted by molar-refractivity contribution is 5.43. The van der Waals surface area contributed by atoms with E-state index in [0.29, 0.717) is 11.5 Å². The van der Waals surface area contributed by atoms with Crippen molar-refractivity contribution in [3.05, 3.63) is 23.8 Å². The first kappa shape index (κ1) is 23.8. The molecule has 1 aromatic rings. The van der Waals surface area contributed by atoms with Gasteiger partial charge in [-0.3, -0.25) is 0 Å². The van der Waals surface area contributed by atoms with Gasteiger partial charge in [-0.25, -0.2) is 5.73 Å². The number of ether oxygens (including phenoxy) is 1. The third kappa shape index (κ3) is 10.6. The van der Waals surface area contributed by atoms with Crippen LogP contribution in [0.4, 0.5) is 0 Å². The van der Waals surface area contributed by atoms with Crippen LogP contribution in [0.3, 0.4) is 0 Å². The fourth-order valence-electron chi connectivity index (χ4n) is 3.41. The molecule has 0 saturated carbocycles. The maximum atomic E-state index is 10.0. The molecular formula is C24H42NO2. The summed E-state index contributed by atoms with van der Waals surface area (Å²) < 4.78 is 5.75. The minimum Gasteiger partial charge on any atom is -0.508 e. The Balaban J connectivity index is 2.13. The van der Waals surface area contributed by atoms with E-state index in [0.717, 1.165) is 18.4 Å². The zero-order valence-electron chi connectivity index (χ0n) is 18.2. The molecule has 155 valence electrons. The second kappa shape index (κ2) is 13.0. The van der Waals surface area contributed by atoms with Crippen molar-refractivity contribution in [2.24, 2.45) is 0 Å². The number of hydrogen-bond donors (Lipinski definition) is 1. The highest BCUT2D eigenvalue weighted by Gasteiger charge is 2.19. The van der Waals surface area contributed by atoms with Crippen molar-refractivity contribution in [1.82, 2.24) is 5.73 Å². The van der Waals surface area contributed by atoms with Crippen molar-refractivity contribution < 1.29 is 9.84 Å². The molecule has 0 fully saturated rings. The van der Waals surface area contributed by atoms with Gasteiger partial charge in [-0.05, 0) is 36.5 Å². The molecule has 0 aliphatic rings. The van der Waals surface area contributed by atoms with E-state index in [2.05, 4.69) is 27.7 Å². The molecular weight excluding hydrogens is 334 g/mol. The van der Waals surface area contributed by atoms with E-state index >= 15 is 0 Å². The number of rotatable bonds is 14. The van der Waals surface area contributed by atoms with Gasteiger partial charge in [-0.1, -0.05) is 91.9 Å². The van der Waals surface area contributed by atoms with E-state index in [-0.39, 0.29) is 5.41 Å². The predicted octanol–water partition coefficient (Wildman–Crippen LogP) is 7.38. The molecule has 0 heterocycles. The third-order valence-corrected chi connectivity index (χ3v) is 5.12. The molecule has 27 heavy (non-hydrogen) atoms. The molecule has 1 atom stereocenters. The summed E-state index contributed by atoms with van der Waals surface area (Å²) in [6.07, 6.45) is 14.7. The zero-order valence-corrected chi connectivity index (χ0v) is 18.2. The molecule has 0 saturated heterocycles. The van der Waals surface area contributed by atoms with Gasteiger partial charge in [0.1, 0.15) is 11.5 Å². The van der Waals surface area contributed by atoms with Crippen LogP contribution in [-0.4, -0.2) is 11.3 Å². The average Bonchev–Trinajstić information content (AvgIpc) is 2.60. The molecule has 2 N–H and O–H groups in total. The van der Waals surface area contributed by atoms with E-state index in [1.807, 2.05) is 6.07 Å². The van der Waals surface area contributed by atoms with Crippen molar-refractivity contribution in [1.29, 1.82) is 0 Å². The van der Waals surface area contributed by atoms with Crippen LogP contribution >= 0.6 is 0 Å². The molecule has 0 spiro atoms. The van der Waals surface area contributed by atoms with E-state index in [1.54, 1.807) is 12.1 Å². The normalized spacial score (nSPS) is 12.9. The van der Waals surface area contributed by atoms with Crippen molar-refractivity contribution in [3.8, 4) is 11.5 Å². The Morgan fingerprint density at radius 1 is 0.889 bits per heavy atom. The first-order chi connectivity index (χ1) is 12.8. The lowest BCUT2D eigenvalue weighted by Crippen LogP contribution is -2.18. The standard InChI is InChI=1S/C24H42NO2/c1-5-6-7-8-9-10-11-12-13-14-15-16-23(25)27-20-17-18-22(26)21(19-20)24(2,3)4/h17-19,23,25-26H,5-16H2,1-4H3. The summed E-state index contributed by atoms with van der Waals surface area (Å²) >= 11 is 0. The number of phenolic OH excluding ortho intramolecular Hbond substituents is 1. The monoisotopic (exact) mass is 376 g/mol. The Labute approximate surface area is 167 Å². The highest BCUT2D eigenvalue weighted by Crippen LogP contribution is 2.33. The molecule has 3 heteroatoms. The Kier molecular flexibility index (Phi) is 11.5. The van der Waals surface area contributed by atoms with Gasteiger partial charge in [-0.2, -0.15) is 0 Å². The zero-order chi connectivity index (χ0) is 20.1. The molecule has 1 aromatic carbocycles. The van der Waals surface area contributed by atoms with Crippen molar-refractivity contribution >= 4 is 0 Å². The molecule has 0 amide bonds. The third-order valence-electron chi connectivity index (χ3n) is 5.12. The van der Waals surface area contributed by atoms with Gasteiger partial charge >= 0.3 is 0 Å². The van der Waals surface area contributed by atoms with Crippen LogP contribution in [0.15, 0.2) is 18.2 Å². The Morgan fingerprint density at radius 2 is 1.41 bits per heavy atom. The van der Waals surface area contributed by atoms with Crippen molar-refractivity contribution in [3.63, 3.8) is 0 Å². The minimum absolute atomic E-state index is 0.142. The molecule has 0 bridgehead atoms. The Bertz CT molecular complexity index is 508. The first-order valence-corrected chi connectivity index (χ1v) is 11.1. The van der Waals surface area contributed by atoms with Crippen LogP contribution in [0.2, 0.25) is 0 Å². The van der Waals surface area contributed by atoms with Crippen LogP contribution in [0.25, 0.3) is 0 Å². The largest absolute Gasteiger partial charge is 0.508 e. The Morgan fingerprint density at radius 3 is 1.93 bits per heavy atom. The minimum atomic E-state index is -0.527. The van der Waals surface area contributed by atoms with Gasteiger partial charge < -0.3 is 9.84 Å². The highest BCUT2D eigenvalue weighted by atomic mass is 16.5. The number of benzene rings is 1. The van der Waals surface area contributed by atoms with E-state index < -0.39 is 6.23 Å². The van der Waals surface area contributed by atoms with Gasteiger partial charge in [0.05, 0.1) is 0 Å². The summed E-state index contributed by atoms with van der Waals surface area (Å²) in [5, 5.41) is 10.0. The van der Waals surface area contributed by atoms with E-state index in [1.165, 1.54) is 64.2 Å². The van der Waals surface area contributed by atoms with Gasteiger partial charge in [-0.15, -0.1) is 0 Å². The van der Waals surface area contributed by atoms with Gasteiger partial charge in [0.15, 0.2) is 6.23 Å². The molecule has 1 radical (unpaired) electrons. The summed E-state index contributed by atoms with van der Waals surface area (Å²) in [6, 6.07) is 5.30. The van der Waals surface area contributed by atoms with Crippen LogP contribution < -0.4 is 10.5 Å². The fraction of sp³-hybridized carbons (Fsp3) is 0.750. The SMILES string of the molecule is CCCCCCCCCCCCCC([NH])Oc1ccc(O)c(C(C)(C)C)c1. The van der Waals surface area contributed by atoms with E-state index in [4.69, 9.17) is 10.5 Å². The van der Waals surface area contributed by atoms with Crippen molar-refractivity contribution in [2.45, 2.75) is 116 Å². The van der Waals surface area contributed by atoms with Gasteiger partial charge in [0.25, 0.3) is 0 Å². The number of phenols is 1. The number of aromatic hydroxyl groups is 1. The lowest BCUT2D eigenvalue weighted by Gasteiger charge is -2.22. The summed E-state index contributed by atoms with van der Waals surface area (Å²) in [4.78, 5) is 0. The number of hydrogen-bond acceptors (Lipinski definition) is 2. The molecule has 0 aliphatic heterocycles. The Hall–Kier alpha value is -1.22. The van der Waals surface area contributed by atoms with Crippen LogP contribution in [0, 0.1) is 0 Å². The topological polar surface area (TPSA) is 53.3 Å². The van der Waals surface area contributed by atoms with Gasteiger partial charge in [0.2, 0.25) is 0 Å². The smallest absolute Gasteiger partial charge is 0.162 e. The summed E-state index contributed by atoms with van der Waals surface area (Å²) in [5.74, 6) is 0.975. The maximum absolute atomic E-state index is 10.0. The molecule has 1 rings (SSSR count). The van der Waals surface area contributed by atoms with Gasteiger partial charge in [0, 0.05) is 5.56 Å². The fourth-order valence-corrected chi connectivity index (χ4v) is 3.41.